The minimum absolute atomic E-state index is 0.487. The number of fused-ring (bicyclic) bond motifs is 1. The van der Waals surface area contributed by atoms with Crippen LogP contribution in [-0.2, 0) is 0 Å². The van der Waals surface area contributed by atoms with E-state index in [2.05, 4.69) is 0 Å². The molecule has 4 nitrogen and oxygen atoms in total. The molecule has 0 aliphatic carbocycles. The van der Waals surface area contributed by atoms with Crippen LogP contribution in [0.15, 0.2) is 41.1 Å². The molecule has 4 heteroatoms. The highest BCUT2D eigenvalue weighted by molar-refractivity contribution is 5.79. The van der Waals surface area contributed by atoms with Gasteiger partial charge in [0.25, 0.3) is 0 Å². The van der Waals surface area contributed by atoms with Gasteiger partial charge in [0.15, 0.2) is 0 Å². The minimum atomic E-state index is -0.487. The minimum Gasteiger partial charge on any atom is -0.464 e. The van der Waals surface area contributed by atoms with Gasteiger partial charge in [-0.3, -0.25) is 10.1 Å². The van der Waals surface area contributed by atoms with Crippen molar-refractivity contribution in [3.05, 3.63) is 52.4 Å². The van der Waals surface area contributed by atoms with Gasteiger partial charge < -0.3 is 4.42 Å². The summed E-state index contributed by atoms with van der Waals surface area (Å²) < 4.78 is 5.14. The molecule has 0 spiro atoms. The summed E-state index contributed by atoms with van der Waals surface area (Å²) in [5.74, 6) is 0. The Morgan fingerprint density at radius 2 is 2.21 bits per heavy atom. The predicted octanol–water partition coefficient (Wildman–Crippen LogP) is 2.68. The molecule has 1 heterocycles. The Bertz CT molecular complexity index is 499. The van der Waals surface area contributed by atoms with Crippen LogP contribution in [0.2, 0.25) is 0 Å². The zero-order valence-corrected chi connectivity index (χ0v) is 7.21. The summed E-state index contributed by atoms with van der Waals surface area (Å²) in [5, 5.41) is 11.0. The Labute approximate surface area is 79.6 Å². The molecule has 0 bridgehead atoms. The van der Waals surface area contributed by atoms with Crippen molar-refractivity contribution in [2.45, 2.75) is 0 Å². The van der Waals surface area contributed by atoms with Crippen LogP contribution in [0.25, 0.3) is 17.0 Å². The van der Waals surface area contributed by atoms with E-state index in [0.717, 1.165) is 22.7 Å². The van der Waals surface area contributed by atoms with Crippen molar-refractivity contribution >= 4 is 17.0 Å². The quantitative estimate of drug-likeness (QED) is 0.539. The van der Waals surface area contributed by atoms with Crippen molar-refractivity contribution in [3.8, 4) is 0 Å². The number of nitro groups is 1. The van der Waals surface area contributed by atoms with Gasteiger partial charge >= 0.3 is 0 Å². The highest BCUT2D eigenvalue weighted by Gasteiger charge is 1.97. The van der Waals surface area contributed by atoms with Crippen molar-refractivity contribution in [3.63, 3.8) is 0 Å². The summed E-state index contributed by atoms with van der Waals surface area (Å²) >= 11 is 0. The smallest absolute Gasteiger partial charge is 0.235 e. The molecular weight excluding hydrogens is 182 g/mol. The van der Waals surface area contributed by atoms with Crippen molar-refractivity contribution in [2.24, 2.45) is 0 Å². The highest BCUT2D eigenvalue weighted by atomic mass is 16.6. The Kier molecular flexibility index (Phi) is 2.02. The molecule has 2 aromatic rings. The van der Waals surface area contributed by atoms with E-state index in [1.165, 1.54) is 6.08 Å². The fourth-order valence-electron chi connectivity index (χ4n) is 1.24. The van der Waals surface area contributed by atoms with Crippen molar-refractivity contribution in [2.75, 3.05) is 0 Å². The van der Waals surface area contributed by atoms with Crippen LogP contribution in [0, 0.1) is 10.1 Å². The molecule has 0 unspecified atom stereocenters. The first-order valence-electron chi connectivity index (χ1n) is 4.05. The predicted molar refractivity (Wildman–Crippen MR) is 52.2 cm³/mol. The average Bonchev–Trinajstić information content (AvgIpc) is 2.61. The molecule has 70 valence electrons. The molecule has 0 fully saturated rings. The third-order valence-electron chi connectivity index (χ3n) is 1.87. The number of hydrogen-bond donors (Lipinski definition) is 0. The molecule has 0 atom stereocenters. The van der Waals surface area contributed by atoms with Gasteiger partial charge in [-0.05, 0) is 23.8 Å². The maximum Gasteiger partial charge on any atom is 0.235 e. The standard InChI is InChI=1S/C10H7NO3/c12-11(13)5-3-8-1-2-10-9(7-8)4-6-14-10/h1-7H. The van der Waals surface area contributed by atoms with Gasteiger partial charge in [0.05, 0.1) is 11.2 Å². The highest BCUT2D eigenvalue weighted by Crippen LogP contribution is 2.17. The summed E-state index contributed by atoms with van der Waals surface area (Å²) in [6.45, 7) is 0. The van der Waals surface area contributed by atoms with Gasteiger partial charge in [0.2, 0.25) is 6.20 Å². The first-order valence-corrected chi connectivity index (χ1v) is 4.05. The van der Waals surface area contributed by atoms with Crippen LogP contribution in [0.1, 0.15) is 5.56 Å². The van der Waals surface area contributed by atoms with Crippen LogP contribution in [0.5, 0.6) is 0 Å². The number of nitrogens with zero attached hydrogens (tertiary/aromatic N) is 1. The first kappa shape index (κ1) is 8.50. The van der Waals surface area contributed by atoms with Gasteiger partial charge in [-0.25, -0.2) is 0 Å². The van der Waals surface area contributed by atoms with Gasteiger partial charge in [0, 0.05) is 11.5 Å². The van der Waals surface area contributed by atoms with E-state index in [1.54, 1.807) is 18.4 Å². The summed E-state index contributed by atoms with van der Waals surface area (Å²) in [6.07, 6.45) is 3.96. The summed E-state index contributed by atoms with van der Waals surface area (Å²) in [4.78, 5) is 9.60. The third kappa shape index (κ3) is 1.64. The molecule has 0 amide bonds. The molecule has 0 saturated heterocycles. The Morgan fingerprint density at radius 3 is 3.00 bits per heavy atom. The fraction of sp³-hybridized carbons (Fsp3) is 0. The Balaban J connectivity index is 2.39. The Morgan fingerprint density at radius 1 is 1.36 bits per heavy atom. The lowest BCUT2D eigenvalue weighted by Crippen LogP contribution is -1.82. The number of furan rings is 1. The molecule has 0 N–H and O–H groups in total. The summed E-state index contributed by atoms with van der Waals surface area (Å²) in [5.41, 5.74) is 1.57. The van der Waals surface area contributed by atoms with Gasteiger partial charge in [-0.15, -0.1) is 0 Å². The van der Waals surface area contributed by atoms with E-state index in [1.807, 2.05) is 12.1 Å². The van der Waals surface area contributed by atoms with Crippen LogP contribution in [0.4, 0.5) is 0 Å². The molecule has 0 radical (unpaired) electrons. The van der Waals surface area contributed by atoms with Crippen molar-refractivity contribution in [1.82, 2.24) is 0 Å². The maximum absolute atomic E-state index is 10.1. The summed E-state index contributed by atoms with van der Waals surface area (Å²) in [7, 11) is 0. The Hall–Kier alpha value is -2.10. The molecule has 14 heavy (non-hydrogen) atoms. The van der Waals surface area contributed by atoms with E-state index in [4.69, 9.17) is 4.42 Å². The van der Waals surface area contributed by atoms with Crippen molar-refractivity contribution < 1.29 is 9.34 Å². The number of hydrogen-bond acceptors (Lipinski definition) is 3. The molecule has 0 saturated carbocycles. The first-order chi connectivity index (χ1) is 6.75. The van der Waals surface area contributed by atoms with E-state index in [9.17, 15) is 10.1 Å². The van der Waals surface area contributed by atoms with Gasteiger partial charge in [-0.2, -0.15) is 0 Å². The SMILES string of the molecule is O=[N+]([O-])C=Cc1ccc2occc2c1. The molecule has 0 aliphatic heterocycles. The zero-order valence-electron chi connectivity index (χ0n) is 7.21. The maximum atomic E-state index is 10.1. The number of benzene rings is 1. The lowest BCUT2D eigenvalue weighted by molar-refractivity contribution is -0.400. The zero-order chi connectivity index (χ0) is 9.97. The molecule has 0 aliphatic rings. The number of rotatable bonds is 2. The van der Waals surface area contributed by atoms with Crippen LogP contribution in [0.3, 0.4) is 0 Å². The monoisotopic (exact) mass is 189 g/mol. The lowest BCUT2D eigenvalue weighted by Gasteiger charge is -1.91. The van der Waals surface area contributed by atoms with E-state index >= 15 is 0 Å². The second kappa shape index (κ2) is 3.33. The fourth-order valence-corrected chi connectivity index (χ4v) is 1.24. The van der Waals surface area contributed by atoms with Crippen LogP contribution in [-0.4, -0.2) is 4.92 Å². The van der Waals surface area contributed by atoms with Gasteiger partial charge in [0.1, 0.15) is 5.58 Å². The normalized spacial score (nSPS) is 11.1. The van der Waals surface area contributed by atoms with Crippen molar-refractivity contribution in [1.29, 1.82) is 0 Å². The van der Waals surface area contributed by atoms with Gasteiger partial charge in [-0.1, -0.05) is 6.07 Å². The molecule has 1 aromatic heterocycles. The topological polar surface area (TPSA) is 56.3 Å². The average molecular weight is 189 g/mol. The second-order valence-corrected chi connectivity index (χ2v) is 2.82. The third-order valence-corrected chi connectivity index (χ3v) is 1.87. The largest absolute Gasteiger partial charge is 0.464 e. The summed E-state index contributed by atoms with van der Waals surface area (Å²) in [6, 6.07) is 7.21. The molecule has 2 rings (SSSR count). The van der Waals surface area contributed by atoms with Crippen LogP contribution < -0.4 is 0 Å². The lowest BCUT2D eigenvalue weighted by atomic mass is 10.1. The molecular formula is C10H7NO3. The van der Waals surface area contributed by atoms with E-state index < -0.39 is 4.92 Å². The second-order valence-electron chi connectivity index (χ2n) is 2.82. The van der Waals surface area contributed by atoms with E-state index in [-0.39, 0.29) is 0 Å². The van der Waals surface area contributed by atoms with Crippen LogP contribution >= 0.6 is 0 Å². The van der Waals surface area contributed by atoms with E-state index in [0.29, 0.717) is 0 Å². The molecule has 1 aromatic carbocycles.